The van der Waals surface area contributed by atoms with Crippen LogP contribution in [0.3, 0.4) is 0 Å². The molecule has 0 aliphatic carbocycles. The van der Waals surface area contributed by atoms with Gasteiger partial charge in [0.25, 0.3) is 0 Å². The SMILES string of the molecule is CN=C(NCc1ccsc1)N1CCN(c2ncc(Br)c(OC)n2)CC1.I. The Labute approximate surface area is 183 Å². The summed E-state index contributed by atoms with van der Waals surface area (Å²) in [4.78, 5) is 17.7. The quantitative estimate of drug-likeness (QED) is 0.357. The van der Waals surface area contributed by atoms with Gasteiger partial charge in [0.2, 0.25) is 11.8 Å². The first-order chi connectivity index (χ1) is 12.2. The lowest BCUT2D eigenvalue weighted by molar-refractivity contribution is 0.366. The highest BCUT2D eigenvalue weighted by molar-refractivity contribution is 14.0. The van der Waals surface area contributed by atoms with Gasteiger partial charge >= 0.3 is 0 Å². The number of thiophene rings is 1. The standard InChI is InChI=1S/C16H21BrN6OS.HI/c1-18-15(19-9-12-3-8-25-11-12)22-4-6-23(7-5-22)16-20-10-13(17)14(21-16)24-2;/h3,8,10-11H,4-7,9H2,1-2H3,(H,18,19);1H. The van der Waals surface area contributed by atoms with E-state index >= 15 is 0 Å². The summed E-state index contributed by atoms with van der Waals surface area (Å²) in [5, 5.41) is 7.67. The number of aliphatic imine (C=N–C) groups is 1. The van der Waals surface area contributed by atoms with Crippen molar-refractivity contribution in [2.24, 2.45) is 4.99 Å². The second-order valence-corrected chi connectivity index (χ2v) is 7.17. The Morgan fingerprint density at radius 2 is 2.15 bits per heavy atom. The van der Waals surface area contributed by atoms with Gasteiger partial charge in [0.05, 0.1) is 17.8 Å². The van der Waals surface area contributed by atoms with Crippen molar-refractivity contribution >= 4 is 63.2 Å². The van der Waals surface area contributed by atoms with E-state index in [-0.39, 0.29) is 24.0 Å². The molecule has 2 aromatic heterocycles. The van der Waals surface area contributed by atoms with Crippen LogP contribution in [-0.2, 0) is 6.54 Å². The van der Waals surface area contributed by atoms with E-state index in [9.17, 15) is 0 Å². The molecule has 3 heterocycles. The highest BCUT2D eigenvalue weighted by Gasteiger charge is 2.22. The fourth-order valence-corrected chi connectivity index (χ4v) is 3.68. The maximum Gasteiger partial charge on any atom is 0.232 e. The van der Waals surface area contributed by atoms with Crippen molar-refractivity contribution in [3.8, 4) is 5.88 Å². The third kappa shape index (κ3) is 5.19. The fourth-order valence-electron chi connectivity index (χ4n) is 2.66. The Morgan fingerprint density at radius 3 is 2.77 bits per heavy atom. The lowest BCUT2D eigenvalue weighted by Crippen LogP contribution is -2.52. The molecule has 0 unspecified atom stereocenters. The molecule has 10 heteroatoms. The molecule has 3 rings (SSSR count). The summed E-state index contributed by atoms with van der Waals surface area (Å²) in [7, 11) is 3.43. The fraction of sp³-hybridized carbons (Fsp3) is 0.438. The maximum absolute atomic E-state index is 5.26. The number of hydrogen-bond acceptors (Lipinski definition) is 6. The van der Waals surface area contributed by atoms with Crippen LogP contribution in [-0.4, -0.2) is 61.2 Å². The molecule has 2 aromatic rings. The molecule has 1 saturated heterocycles. The van der Waals surface area contributed by atoms with Crippen molar-refractivity contribution in [2.45, 2.75) is 6.54 Å². The smallest absolute Gasteiger partial charge is 0.232 e. The van der Waals surface area contributed by atoms with E-state index in [1.807, 2.05) is 7.05 Å². The average molecular weight is 553 g/mol. The van der Waals surface area contributed by atoms with Gasteiger partial charge < -0.3 is 19.9 Å². The van der Waals surface area contributed by atoms with Crippen LogP contribution in [0.15, 0.2) is 32.5 Å². The minimum atomic E-state index is 0. The summed E-state index contributed by atoms with van der Waals surface area (Å²) in [5.41, 5.74) is 1.28. The van der Waals surface area contributed by atoms with Crippen molar-refractivity contribution in [1.82, 2.24) is 20.2 Å². The molecule has 0 bridgehead atoms. The Morgan fingerprint density at radius 1 is 1.38 bits per heavy atom. The van der Waals surface area contributed by atoms with E-state index in [1.165, 1.54) is 5.56 Å². The molecule has 26 heavy (non-hydrogen) atoms. The van der Waals surface area contributed by atoms with Crippen LogP contribution in [0.5, 0.6) is 5.88 Å². The molecule has 0 amide bonds. The lowest BCUT2D eigenvalue weighted by atomic mass is 10.3. The number of piperazine rings is 1. The third-order valence-corrected chi connectivity index (χ3v) is 5.27. The van der Waals surface area contributed by atoms with Crippen LogP contribution in [0.2, 0.25) is 0 Å². The minimum absolute atomic E-state index is 0. The van der Waals surface area contributed by atoms with Crippen molar-refractivity contribution in [1.29, 1.82) is 0 Å². The highest BCUT2D eigenvalue weighted by atomic mass is 127. The number of aromatic nitrogens is 2. The van der Waals surface area contributed by atoms with E-state index < -0.39 is 0 Å². The number of nitrogens with one attached hydrogen (secondary N) is 1. The molecule has 0 radical (unpaired) electrons. The lowest BCUT2D eigenvalue weighted by Gasteiger charge is -2.36. The highest BCUT2D eigenvalue weighted by Crippen LogP contribution is 2.23. The summed E-state index contributed by atoms with van der Waals surface area (Å²) >= 11 is 5.09. The number of methoxy groups -OCH3 is 1. The minimum Gasteiger partial charge on any atom is -0.480 e. The number of hydrogen-bond donors (Lipinski definition) is 1. The van der Waals surface area contributed by atoms with E-state index in [2.05, 4.69) is 62.8 Å². The van der Waals surface area contributed by atoms with Gasteiger partial charge in [-0.15, -0.1) is 24.0 Å². The van der Waals surface area contributed by atoms with Crippen molar-refractivity contribution in [3.05, 3.63) is 33.1 Å². The first kappa shape index (κ1) is 21.2. The molecule has 0 spiro atoms. The normalized spacial score (nSPS) is 14.8. The summed E-state index contributed by atoms with van der Waals surface area (Å²) in [6, 6.07) is 2.13. The molecule has 1 aliphatic rings. The topological polar surface area (TPSA) is 65.9 Å². The Kier molecular flexibility index (Phi) is 8.35. The van der Waals surface area contributed by atoms with Crippen LogP contribution < -0.4 is 15.0 Å². The summed E-state index contributed by atoms with van der Waals surface area (Å²) in [5.74, 6) is 2.18. The van der Waals surface area contributed by atoms with Crippen LogP contribution in [0.4, 0.5) is 5.95 Å². The molecule has 1 fully saturated rings. The summed E-state index contributed by atoms with van der Waals surface area (Å²) in [6.07, 6.45) is 1.73. The van der Waals surface area contributed by atoms with Crippen LogP contribution in [0, 0.1) is 0 Å². The third-order valence-electron chi connectivity index (χ3n) is 4.00. The number of ether oxygens (including phenoxy) is 1. The van der Waals surface area contributed by atoms with Crippen LogP contribution in [0.25, 0.3) is 0 Å². The van der Waals surface area contributed by atoms with E-state index in [1.54, 1.807) is 24.6 Å². The van der Waals surface area contributed by atoms with Gasteiger partial charge in [0.15, 0.2) is 5.96 Å². The number of rotatable bonds is 4. The van der Waals surface area contributed by atoms with Gasteiger partial charge in [-0.25, -0.2) is 4.98 Å². The molecular weight excluding hydrogens is 531 g/mol. The molecule has 7 nitrogen and oxygen atoms in total. The zero-order chi connectivity index (χ0) is 17.6. The number of nitrogens with zero attached hydrogens (tertiary/aromatic N) is 5. The van der Waals surface area contributed by atoms with Gasteiger partial charge in [0.1, 0.15) is 0 Å². The molecule has 0 saturated carbocycles. The molecule has 0 aromatic carbocycles. The monoisotopic (exact) mass is 552 g/mol. The van der Waals surface area contributed by atoms with Crippen LogP contribution in [0.1, 0.15) is 5.56 Å². The second kappa shape index (κ2) is 10.3. The molecule has 142 valence electrons. The zero-order valence-electron chi connectivity index (χ0n) is 14.7. The van der Waals surface area contributed by atoms with Gasteiger partial charge in [-0.1, -0.05) is 0 Å². The number of halogens is 2. The first-order valence-electron chi connectivity index (χ1n) is 7.99. The Balaban J connectivity index is 0.00000243. The second-order valence-electron chi connectivity index (χ2n) is 5.53. The Bertz CT molecular complexity index is 722. The average Bonchev–Trinajstić information content (AvgIpc) is 3.17. The maximum atomic E-state index is 5.26. The van der Waals surface area contributed by atoms with Crippen molar-refractivity contribution < 1.29 is 4.74 Å². The first-order valence-corrected chi connectivity index (χ1v) is 9.73. The van der Waals surface area contributed by atoms with E-state index in [0.717, 1.165) is 43.2 Å². The van der Waals surface area contributed by atoms with E-state index in [4.69, 9.17) is 4.74 Å². The Hall–Kier alpha value is -1.14. The van der Waals surface area contributed by atoms with Gasteiger partial charge in [-0.05, 0) is 38.3 Å². The number of anilines is 1. The summed E-state index contributed by atoms with van der Waals surface area (Å²) in [6.45, 7) is 4.20. The van der Waals surface area contributed by atoms with E-state index in [0.29, 0.717) is 11.8 Å². The van der Waals surface area contributed by atoms with Gasteiger partial charge in [-0.2, -0.15) is 16.3 Å². The predicted octanol–water partition coefficient (Wildman–Crippen LogP) is 2.82. The van der Waals surface area contributed by atoms with Crippen molar-refractivity contribution in [2.75, 3.05) is 45.2 Å². The largest absolute Gasteiger partial charge is 0.480 e. The van der Waals surface area contributed by atoms with Crippen molar-refractivity contribution in [3.63, 3.8) is 0 Å². The molecular formula is C16H22BrIN6OS. The number of guanidine groups is 1. The molecule has 1 aliphatic heterocycles. The van der Waals surface area contributed by atoms with Gasteiger partial charge in [-0.3, -0.25) is 4.99 Å². The molecule has 0 atom stereocenters. The summed E-state index contributed by atoms with van der Waals surface area (Å²) < 4.78 is 6.02. The van der Waals surface area contributed by atoms with Crippen LogP contribution >= 0.6 is 51.2 Å². The van der Waals surface area contributed by atoms with Gasteiger partial charge in [0, 0.05) is 39.8 Å². The zero-order valence-corrected chi connectivity index (χ0v) is 19.4. The predicted molar refractivity (Wildman–Crippen MR) is 120 cm³/mol. The molecule has 1 N–H and O–H groups in total.